The molecule has 0 aliphatic heterocycles. The van der Waals surface area contributed by atoms with Crippen molar-refractivity contribution in [1.82, 2.24) is 9.97 Å². The van der Waals surface area contributed by atoms with Gasteiger partial charge in [0.2, 0.25) is 0 Å². The number of para-hydroxylation sites is 2. The first-order chi connectivity index (χ1) is 13.9. The Morgan fingerprint density at radius 2 is 1.36 bits per heavy atom. The largest absolute Gasteiger partial charge is 0.338 e. The number of imidazole rings is 1. The minimum atomic E-state index is 0.947. The van der Waals surface area contributed by atoms with Gasteiger partial charge in [-0.05, 0) is 18.6 Å². The number of nitrogens with zero attached hydrogens (tertiary/aromatic N) is 2. The van der Waals surface area contributed by atoms with Crippen molar-refractivity contribution in [3.63, 3.8) is 0 Å². The Labute approximate surface area is 170 Å². The molecule has 3 heteroatoms. The SMILES string of the molecule is CCCCCCCCCCCCC[n+]1ccc(-c2nc3ccccc3[nH]2)cc1. The molecule has 0 spiro atoms. The van der Waals surface area contributed by atoms with E-state index in [1.807, 2.05) is 18.2 Å². The highest BCUT2D eigenvalue weighted by molar-refractivity contribution is 5.78. The van der Waals surface area contributed by atoms with E-state index < -0.39 is 0 Å². The molecule has 0 unspecified atom stereocenters. The van der Waals surface area contributed by atoms with Gasteiger partial charge in [-0.25, -0.2) is 9.55 Å². The van der Waals surface area contributed by atoms with Crippen molar-refractivity contribution in [2.24, 2.45) is 0 Å². The third kappa shape index (κ3) is 6.47. The van der Waals surface area contributed by atoms with E-state index in [0.717, 1.165) is 29.0 Å². The molecule has 0 atom stereocenters. The fraction of sp³-hybridized carbons (Fsp3) is 0.520. The lowest BCUT2D eigenvalue weighted by molar-refractivity contribution is -0.697. The highest BCUT2D eigenvalue weighted by atomic mass is 14.9. The second-order valence-corrected chi connectivity index (χ2v) is 7.96. The number of pyridine rings is 1. The average molecular weight is 379 g/mol. The number of fused-ring (bicyclic) bond motifs is 1. The van der Waals surface area contributed by atoms with Crippen LogP contribution in [0.15, 0.2) is 48.8 Å². The molecule has 150 valence electrons. The molecule has 0 radical (unpaired) electrons. The first-order valence-corrected chi connectivity index (χ1v) is 11.3. The third-order valence-corrected chi connectivity index (χ3v) is 5.57. The molecule has 0 saturated carbocycles. The number of hydrogen-bond acceptors (Lipinski definition) is 1. The van der Waals surface area contributed by atoms with E-state index >= 15 is 0 Å². The Bertz CT molecular complexity index is 771. The molecule has 0 bridgehead atoms. The van der Waals surface area contributed by atoms with Crippen LogP contribution in [0.5, 0.6) is 0 Å². The molecule has 1 aromatic carbocycles. The number of H-pyrrole nitrogens is 1. The second kappa shape index (κ2) is 11.6. The molecule has 3 aromatic rings. The summed E-state index contributed by atoms with van der Waals surface area (Å²) in [5.74, 6) is 0.947. The van der Waals surface area contributed by atoms with Crippen molar-refractivity contribution in [2.45, 2.75) is 84.1 Å². The Morgan fingerprint density at radius 3 is 2.00 bits per heavy atom. The fourth-order valence-corrected chi connectivity index (χ4v) is 3.81. The van der Waals surface area contributed by atoms with Crippen LogP contribution in [0.2, 0.25) is 0 Å². The predicted octanol–water partition coefficient (Wildman–Crippen LogP) is 6.83. The van der Waals surface area contributed by atoms with Crippen molar-refractivity contribution in [2.75, 3.05) is 0 Å². The number of nitrogens with one attached hydrogen (secondary N) is 1. The topological polar surface area (TPSA) is 32.6 Å². The maximum atomic E-state index is 4.68. The molecule has 3 nitrogen and oxygen atoms in total. The molecule has 0 aliphatic rings. The van der Waals surface area contributed by atoms with E-state index in [0.29, 0.717) is 0 Å². The maximum absolute atomic E-state index is 4.68. The highest BCUT2D eigenvalue weighted by Gasteiger charge is 2.07. The van der Waals surface area contributed by atoms with Crippen LogP contribution in [0.1, 0.15) is 77.6 Å². The first-order valence-electron chi connectivity index (χ1n) is 11.3. The number of rotatable bonds is 13. The molecule has 0 saturated heterocycles. The number of unbranched alkanes of at least 4 members (excludes halogenated alkanes) is 10. The minimum absolute atomic E-state index is 0.947. The summed E-state index contributed by atoms with van der Waals surface area (Å²) in [5, 5.41) is 0. The molecule has 28 heavy (non-hydrogen) atoms. The van der Waals surface area contributed by atoms with E-state index in [1.54, 1.807) is 0 Å². The molecule has 2 heterocycles. The molecule has 2 aromatic heterocycles. The van der Waals surface area contributed by atoms with Gasteiger partial charge in [-0.1, -0.05) is 76.8 Å². The van der Waals surface area contributed by atoms with Crippen LogP contribution >= 0.6 is 0 Å². The van der Waals surface area contributed by atoms with Gasteiger partial charge in [0.05, 0.1) is 11.0 Å². The Balaban J connectivity index is 1.31. The summed E-state index contributed by atoms with van der Waals surface area (Å²) in [6, 6.07) is 12.5. The van der Waals surface area contributed by atoms with Crippen LogP contribution in [0.25, 0.3) is 22.4 Å². The van der Waals surface area contributed by atoms with Crippen LogP contribution in [-0.4, -0.2) is 9.97 Å². The van der Waals surface area contributed by atoms with E-state index in [1.165, 1.54) is 70.6 Å². The predicted molar refractivity (Wildman–Crippen MR) is 118 cm³/mol. The second-order valence-electron chi connectivity index (χ2n) is 7.96. The van der Waals surface area contributed by atoms with E-state index in [9.17, 15) is 0 Å². The molecular weight excluding hydrogens is 342 g/mol. The molecule has 0 aliphatic carbocycles. The number of aromatic nitrogens is 3. The lowest BCUT2D eigenvalue weighted by Crippen LogP contribution is -2.32. The summed E-state index contributed by atoms with van der Waals surface area (Å²) in [6.45, 7) is 3.39. The van der Waals surface area contributed by atoms with Crippen LogP contribution in [0, 0.1) is 0 Å². The van der Waals surface area contributed by atoms with Gasteiger partial charge in [0.15, 0.2) is 12.4 Å². The van der Waals surface area contributed by atoms with Gasteiger partial charge in [-0.15, -0.1) is 0 Å². The summed E-state index contributed by atoms with van der Waals surface area (Å²) < 4.78 is 2.29. The number of aryl methyl sites for hydroxylation is 1. The zero-order valence-electron chi connectivity index (χ0n) is 17.5. The monoisotopic (exact) mass is 378 g/mol. The van der Waals surface area contributed by atoms with Crippen molar-refractivity contribution >= 4 is 11.0 Å². The van der Waals surface area contributed by atoms with Gasteiger partial charge in [-0.3, -0.25) is 0 Å². The van der Waals surface area contributed by atoms with Gasteiger partial charge in [-0.2, -0.15) is 0 Å². The zero-order chi connectivity index (χ0) is 19.4. The van der Waals surface area contributed by atoms with E-state index in [4.69, 9.17) is 0 Å². The molecular formula is C25H36N3+. The number of aromatic amines is 1. The Morgan fingerprint density at radius 1 is 0.750 bits per heavy atom. The van der Waals surface area contributed by atoms with Crippen LogP contribution in [0.4, 0.5) is 0 Å². The fourth-order valence-electron chi connectivity index (χ4n) is 3.81. The molecule has 0 fully saturated rings. The Hall–Kier alpha value is -2.16. The normalized spacial score (nSPS) is 11.3. The molecule has 0 amide bonds. The smallest absolute Gasteiger partial charge is 0.169 e. The van der Waals surface area contributed by atoms with Gasteiger partial charge in [0.1, 0.15) is 12.4 Å². The lowest BCUT2D eigenvalue weighted by Gasteiger charge is -2.02. The zero-order valence-corrected chi connectivity index (χ0v) is 17.5. The van der Waals surface area contributed by atoms with Crippen LogP contribution in [-0.2, 0) is 6.54 Å². The number of benzene rings is 1. The van der Waals surface area contributed by atoms with E-state index in [-0.39, 0.29) is 0 Å². The summed E-state index contributed by atoms with van der Waals surface area (Å²) in [4.78, 5) is 8.08. The lowest BCUT2D eigenvalue weighted by atomic mass is 10.1. The summed E-state index contributed by atoms with van der Waals surface area (Å²) in [5.41, 5.74) is 3.26. The average Bonchev–Trinajstić information content (AvgIpc) is 3.17. The van der Waals surface area contributed by atoms with Gasteiger partial charge < -0.3 is 4.98 Å². The van der Waals surface area contributed by atoms with Gasteiger partial charge in [0.25, 0.3) is 0 Å². The van der Waals surface area contributed by atoms with Crippen molar-refractivity contribution in [1.29, 1.82) is 0 Å². The quantitative estimate of drug-likeness (QED) is 0.257. The third-order valence-electron chi connectivity index (χ3n) is 5.57. The Kier molecular flexibility index (Phi) is 8.54. The molecule has 1 N–H and O–H groups in total. The molecule has 3 rings (SSSR count). The summed E-state index contributed by atoms with van der Waals surface area (Å²) >= 11 is 0. The van der Waals surface area contributed by atoms with Crippen LogP contribution < -0.4 is 4.57 Å². The van der Waals surface area contributed by atoms with Crippen molar-refractivity contribution < 1.29 is 4.57 Å². The maximum Gasteiger partial charge on any atom is 0.169 e. The standard InChI is InChI=1S/C25H35N3/c1-2-3-4-5-6-7-8-9-10-11-14-19-28-20-17-22(18-21-28)25-26-23-15-12-13-16-24(23)27-25/h12-13,15-18,20-21H,2-11,14,19H2,1H3/p+1. The highest BCUT2D eigenvalue weighted by Crippen LogP contribution is 2.19. The van der Waals surface area contributed by atoms with Crippen molar-refractivity contribution in [3.8, 4) is 11.4 Å². The summed E-state index contributed by atoms with van der Waals surface area (Å²) in [7, 11) is 0. The van der Waals surface area contributed by atoms with Crippen molar-refractivity contribution in [3.05, 3.63) is 48.8 Å². The first kappa shape index (κ1) is 20.6. The van der Waals surface area contributed by atoms with Gasteiger partial charge in [0, 0.05) is 24.1 Å². The van der Waals surface area contributed by atoms with Gasteiger partial charge >= 0.3 is 0 Å². The van der Waals surface area contributed by atoms with E-state index in [2.05, 4.69) is 52.1 Å². The minimum Gasteiger partial charge on any atom is -0.338 e. The van der Waals surface area contributed by atoms with Crippen LogP contribution in [0.3, 0.4) is 0 Å². The number of hydrogen-bond donors (Lipinski definition) is 1. The summed E-state index contributed by atoms with van der Waals surface area (Å²) in [6.07, 6.45) is 19.7.